The van der Waals surface area contributed by atoms with Crippen LogP contribution in [0.1, 0.15) is 16.8 Å². The molecular formula is C11H13N3O5S. The third-order valence-corrected chi connectivity index (χ3v) is 4.30. The number of sulfonamides is 1. The first-order valence-corrected chi connectivity index (χ1v) is 7.30. The molecule has 2 heterocycles. The lowest BCUT2D eigenvalue weighted by molar-refractivity contribution is -0.117. The number of hydrogen-bond donors (Lipinski definition) is 1. The van der Waals surface area contributed by atoms with Crippen LogP contribution in [0.2, 0.25) is 0 Å². The fourth-order valence-corrected chi connectivity index (χ4v) is 2.74. The molecule has 2 rings (SSSR count). The number of methoxy groups -OCH3 is 1. The van der Waals surface area contributed by atoms with Crippen LogP contribution >= 0.6 is 0 Å². The lowest BCUT2D eigenvalue weighted by Gasteiger charge is -2.18. The van der Waals surface area contributed by atoms with Crippen molar-refractivity contribution < 1.29 is 22.7 Å². The Labute approximate surface area is 115 Å². The minimum atomic E-state index is -3.81. The molecule has 1 aromatic heterocycles. The molecule has 0 aliphatic carbocycles. The van der Waals surface area contributed by atoms with E-state index >= 15 is 0 Å². The van der Waals surface area contributed by atoms with Crippen molar-refractivity contribution in [1.29, 1.82) is 0 Å². The van der Waals surface area contributed by atoms with Gasteiger partial charge >= 0.3 is 5.97 Å². The quantitative estimate of drug-likeness (QED) is 0.734. The van der Waals surface area contributed by atoms with Crippen LogP contribution in [0.5, 0.6) is 0 Å². The molecule has 1 unspecified atom stereocenters. The molecule has 1 fully saturated rings. The number of primary sulfonamides is 1. The second-order valence-corrected chi connectivity index (χ2v) is 6.15. The maximum absolute atomic E-state index is 11.9. The third kappa shape index (κ3) is 2.63. The molecule has 0 saturated carbocycles. The van der Waals surface area contributed by atoms with Crippen molar-refractivity contribution in [1.82, 2.24) is 4.98 Å². The summed E-state index contributed by atoms with van der Waals surface area (Å²) in [5.41, 5.74) is 0.362. The molecule has 2 N–H and O–H groups in total. The van der Waals surface area contributed by atoms with Gasteiger partial charge < -0.3 is 9.64 Å². The fraction of sp³-hybridized carbons (Fsp3) is 0.364. The predicted molar refractivity (Wildman–Crippen MR) is 69.4 cm³/mol. The van der Waals surface area contributed by atoms with E-state index in [-0.39, 0.29) is 24.2 Å². The average Bonchev–Trinajstić information content (AvgIpc) is 2.80. The van der Waals surface area contributed by atoms with Gasteiger partial charge in [0.2, 0.25) is 15.9 Å². The van der Waals surface area contributed by atoms with E-state index in [1.54, 1.807) is 0 Å². The lowest BCUT2D eigenvalue weighted by Crippen LogP contribution is -2.32. The Hall–Kier alpha value is -2.00. The number of ether oxygens (including phenoxy) is 1. The van der Waals surface area contributed by atoms with Crippen LogP contribution in [0.3, 0.4) is 0 Å². The zero-order valence-electron chi connectivity index (χ0n) is 10.6. The first kappa shape index (κ1) is 14.4. The number of carbonyl (C=O) groups is 2. The van der Waals surface area contributed by atoms with Crippen LogP contribution in [-0.4, -0.2) is 44.2 Å². The van der Waals surface area contributed by atoms with Gasteiger partial charge in [0.1, 0.15) is 5.25 Å². The van der Waals surface area contributed by atoms with E-state index < -0.39 is 27.1 Å². The van der Waals surface area contributed by atoms with Gasteiger partial charge in [-0.05, 0) is 6.07 Å². The monoisotopic (exact) mass is 299 g/mol. The van der Waals surface area contributed by atoms with Gasteiger partial charge in [0.25, 0.3) is 0 Å². The van der Waals surface area contributed by atoms with E-state index in [4.69, 9.17) is 5.14 Å². The normalized spacial score (nSPS) is 19.2. The summed E-state index contributed by atoms with van der Waals surface area (Å²) in [4.78, 5) is 28.6. The number of pyridine rings is 1. The van der Waals surface area contributed by atoms with Crippen molar-refractivity contribution in [2.24, 2.45) is 5.14 Å². The van der Waals surface area contributed by atoms with Crippen molar-refractivity contribution in [3.63, 3.8) is 0 Å². The van der Waals surface area contributed by atoms with Crippen molar-refractivity contribution in [3.05, 3.63) is 24.0 Å². The van der Waals surface area contributed by atoms with Gasteiger partial charge in [-0.1, -0.05) is 0 Å². The molecule has 1 saturated heterocycles. The molecule has 8 nitrogen and oxygen atoms in total. The second-order valence-electron chi connectivity index (χ2n) is 4.30. The van der Waals surface area contributed by atoms with Gasteiger partial charge in [-0.15, -0.1) is 0 Å². The molecular weight excluding hydrogens is 286 g/mol. The molecule has 20 heavy (non-hydrogen) atoms. The predicted octanol–water partition coefficient (Wildman–Crippen LogP) is -0.738. The highest BCUT2D eigenvalue weighted by Crippen LogP contribution is 2.27. The summed E-state index contributed by atoms with van der Waals surface area (Å²) in [6, 6.07) is 1.40. The zero-order chi connectivity index (χ0) is 14.9. The van der Waals surface area contributed by atoms with E-state index in [9.17, 15) is 18.0 Å². The Morgan fingerprint density at radius 1 is 1.55 bits per heavy atom. The first-order valence-electron chi connectivity index (χ1n) is 5.69. The summed E-state index contributed by atoms with van der Waals surface area (Å²) in [7, 11) is -2.60. The minimum absolute atomic E-state index is 0.104. The number of nitrogens with two attached hydrogens (primary N) is 1. The number of esters is 1. The summed E-state index contributed by atoms with van der Waals surface area (Å²) >= 11 is 0. The van der Waals surface area contributed by atoms with Crippen molar-refractivity contribution >= 4 is 27.6 Å². The molecule has 0 radical (unpaired) electrons. The molecule has 1 aliphatic heterocycles. The number of anilines is 1. The van der Waals surface area contributed by atoms with Crippen LogP contribution in [0.15, 0.2) is 18.5 Å². The van der Waals surface area contributed by atoms with Crippen LogP contribution in [0.25, 0.3) is 0 Å². The van der Waals surface area contributed by atoms with E-state index in [1.165, 1.54) is 30.5 Å². The third-order valence-electron chi connectivity index (χ3n) is 3.05. The molecule has 0 bridgehead atoms. The Morgan fingerprint density at radius 2 is 2.25 bits per heavy atom. The molecule has 9 heteroatoms. The Bertz CT molecular complexity index is 658. The van der Waals surface area contributed by atoms with E-state index in [1.807, 2.05) is 0 Å². The van der Waals surface area contributed by atoms with Gasteiger partial charge in [0.05, 0.1) is 24.6 Å². The van der Waals surface area contributed by atoms with E-state index in [0.717, 1.165) is 0 Å². The summed E-state index contributed by atoms with van der Waals surface area (Å²) in [5, 5.41) is 4.07. The van der Waals surface area contributed by atoms with Crippen LogP contribution in [0, 0.1) is 0 Å². The van der Waals surface area contributed by atoms with E-state index in [0.29, 0.717) is 0 Å². The number of carbonyl (C=O) groups excluding carboxylic acids is 2. The molecule has 1 aliphatic rings. The zero-order valence-corrected chi connectivity index (χ0v) is 11.5. The molecule has 108 valence electrons. The highest BCUT2D eigenvalue weighted by atomic mass is 32.2. The maximum atomic E-state index is 11.9. The highest BCUT2D eigenvalue weighted by molar-refractivity contribution is 7.89. The van der Waals surface area contributed by atoms with Crippen LogP contribution in [0.4, 0.5) is 5.69 Å². The Balaban J connectivity index is 2.38. The van der Waals surface area contributed by atoms with Gasteiger partial charge in [-0.3, -0.25) is 9.78 Å². The standard InChI is InChI=1S/C11H13N3O5S/c1-19-11(16)8-2-3-13-5-9(8)14-6-7(4-10(14)15)20(12,17)18/h2-3,5,7H,4,6H2,1H3,(H2,12,17,18). The first-order chi connectivity index (χ1) is 9.34. The number of rotatable bonds is 3. The molecule has 1 amide bonds. The SMILES string of the molecule is COC(=O)c1ccncc1N1CC(S(N)(=O)=O)CC1=O. The molecule has 1 atom stereocenters. The summed E-state index contributed by atoms with van der Waals surface area (Å²) in [6.07, 6.45) is 2.48. The van der Waals surface area contributed by atoms with Crippen molar-refractivity contribution in [2.45, 2.75) is 11.7 Å². The smallest absolute Gasteiger partial charge is 0.340 e. The van der Waals surface area contributed by atoms with Crippen molar-refractivity contribution in [3.8, 4) is 0 Å². The topological polar surface area (TPSA) is 120 Å². The van der Waals surface area contributed by atoms with Crippen LogP contribution < -0.4 is 10.0 Å². The van der Waals surface area contributed by atoms with Gasteiger partial charge in [-0.2, -0.15) is 0 Å². The summed E-state index contributed by atoms with van der Waals surface area (Å²) in [6.45, 7) is -0.104. The maximum Gasteiger partial charge on any atom is 0.340 e. The number of nitrogens with zero attached hydrogens (tertiary/aromatic N) is 2. The van der Waals surface area contributed by atoms with E-state index in [2.05, 4.69) is 9.72 Å². The average molecular weight is 299 g/mol. The second kappa shape index (κ2) is 5.17. The summed E-state index contributed by atoms with van der Waals surface area (Å²) in [5.74, 6) is -1.06. The Kier molecular flexibility index (Phi) is 3.73. The van der Waals surface area contributed by atoms with Gasteiger partial charge in [-0.25, -0.2) is 18.4 Å². The number of hydrogen-bond acceptors (Lipinski definition) is 6. The van der Waals surface area contributed by atoms with Gasteiger partial charge in [0.15, 0.2) is 0 Å². The lowest BCUT2D eigenvalue weighted by atomic mass is 10.2. The minimum Gasteiger partial charge on any atom is -0.465 e. The van der Waals surface area contributed by atoms with Crippen LogP contribution in [-0.2, 0) is 19.6 Å². The number of amides is 1. The molecule has 0 spiro atoms. The van der Waals surface area contributed by atoms with Gasteiger partial charge in [0, 0.05) is 19.2 Å². The largest absolute Gasteiger partial charge is 0.465 e. The highest BCUT2D eigenvalue weighted by Gasteiger charge is 2.38. The Morgan fingerprint density at radius 3 is 2.80 bits per heavy atom. The summed E-state index contributed by atoms with van der Waals surface area (Å²) < 4.78 is 27.3. The number of aromatic nitrogens is 1. The molecule has 0 aromatic carbocycles. The molecule has 1 aromatic rings. The fourth-order valence-electron chi connectivity index (χ4n) is 2.01. The van der Waals surface area contributed by atoms with Crippen molar-refractivity contribution in [2.75, 3.05) is 18.6 Å².